The molecule has 1 aromatic rings. The van der Waals surface area contributed by atoms with Crippen molar-refractivity contribution in [1.29, 1.82) is 0 Å². The molecule has 7 heteroatoms. The molecule has 6 nitrogen and oxygen atoms in total. The first-order valence-electron chi connectivity index (χ1n) is 7.23. The third kappa shape index (κ3) is 2.59. The minimum absolute atomic E-state index is 0.228. The van der Waals surface area contributed by atoms with E-state index in [1.165, 1.54) is 12.8 Å². The number of likely N-dealkylation sites (tertiary alicyclic amines) is 1. The third-order valence-corrected chi connectivity index (χ3v) is 5.68. The first-order chi connectivity index (χ1) is 9.93. The molecule has 2 fully saturated rings. The highest BCUT2D eigenvalue weighted by molar-refractivity contribution is 14.1. The Morgan fingerprint density at radius 1 is 1.67 bits per heavy atom. The van der Waals surface area contributed by atoms with Gasteiger partial charge in [0, 0.05) is 5.54 Å². The second kappa shape index (κ2) is 5.51. The Bertz CT molecular complexity index is 541. The van der Waals surface area contributed by atoms with Crippen LogP contribution in [0.1, 0.15) is 37.5 Å². The van der Waals surface area contributed by atoms with Crippen molar-refractivity contribution in [2.24, 2.45) is 11.7 Å². The maximum atomic E-state index is 11.3. The van der Waals surface area contributed by atoms with Crippen LogP contribution in [0.25, 0.3) is 0 Å². The van der Waals surface area contributed by atoms with Crippen molar-refractivity contribution in [3.8, 4) is 0 Å². The van der Waals surface area contributed by atoms with Crippen LogP contribution in [0.5, 0.6) is 0 Å². The lowest BCUT2D eigenvalue weighted by atomic mass is 9.61. The van der Waals surface area contributed by atoms with E-state index in [0.717, 1.165) is 23.1 Å². The van der Waals surface area contributed by atoms with Crippen molar-refractivity contribution in [3.63, 3.8) is 0 Å². The van der Waals surface area contributed by atoms with Crippen molar-refractivity contribution >= 4 is 28.6 Å². The maximum Gasteiger partial charge on any atom is 0.321 e. The summed E-state index contributed by atoms with van der Waals surface area (Å²) in [6, 6.07) is -0.964. The largest absolute Gasteiger partial charge is 0.480 e. The molecule has 1 spiro atoms. The normalized spacial score (nSPS) is 32.0. The quantitative estimate of drug-likeness (QED) is 0.741. The Labute approximate surface area is 137 Å². The second-order valence-electron chi connectivity index (χ2n) is 6.32. The topological polar surface area (TPSA) is 92.6 Å². The zero-order valence-corrected chi connectivity index (χ0v) is 14.1. The van der Waals surface area contributed by atoms with Crippen LogP contribution in [0.4, 0.5) is 0 Å². The Kier molecular flexibility index (Phi) is 4.00. The monoisotopic (exact) mass is 405 g/mol. The first-order valence-corrected chi connectivity index (χ1v) is 8.31. The van der Waals surface area contributed by atoms with Crippen LogP contribution in [-0.2, 0) is 4.79 Å². The molecular formula is C14H20IN3O3. The van der Waals surface area contributed by atoms with Gasteiger partial charge in [-0.1, -0.05) is 0 Å². The van der Waals surface area contributed by atoms with Gasteiger partial charge in [0.1, 0.15) is 16.0 Å². The van der Waals surface area contributed by atoms with E-state index in [1.807, 2.05) is 0 Å². The molecule has 3 N–H and O–H groups in total. The highest BCUT2D eigenvalue weighted by Crippen LogP contribution is 2.53. The number of hydrogen-bond donors (Lipinski definition) is 2. The Balaban J connectivity index is 1.80. The molecule has 1 aromatic heterocycles. The summed E-state index contributed by atoms with van der Waals surface area (Å²) in [6.07, 6.45) is 5.92. The number of rotatable bonds is 4. The Morgan fingerprint density at radius 2 is 2.38 bits per heavy atom. The average Bonchev–Trinajstić information content (AvgIpc) is 2.96. The standard InChI is InChI=1S/C14H20IN3O3/c1-18-4-2-3-14(18)5-8(6-14)10(11(16)13(19)20)12-17-9(15)7-21-12/h7-8,10-11H,2-6,16H2,1H3,(H,19,20). The smallest absolute Gasteiger partial charge is 0.321 e. The van der Waals surface area contributed by atoms with Crippen molar-refractivity contribution in [2.45, 2.75) is 43.2 Å². The third-order valence-electron chi connectivity index (χ3n) is 5.19. The molecule has 1 aliphatic carbocycles. The number of carboxylic acids is 1. The van der Waals surface area contributed by atoms with Gasteiger partial charge in [-0.25, -0.2) is 4.98 Å². The van der Waals surface area contributed by atoms with E-state index < -0.39 is 12.0 Å². The molecular weight excluding hydrogens is 385 g/mol. The van der Waals surface area contributed by atoms with E-state index in [-0.39, 0.29) is 17.4 Å². The Hall–Kier alpha value is -0.670. The molecule has 1 saturated heterocycles. The van der Waals surface area contributed by atoms with Crippen LogP contribution in [0, 0.1) is 9.62 Å². The number of aromatic nitrogens is 1. The van der Waals surface area contributed by atoms with Gasteiger partial charge in [0.15, 0.2) is 0 Å². The second-order valence-corrected chi connectivity index (χ2v) is 7.42. The maximum absolute atomic E-state index is 11.3. The van der Waals surface area contributed by atoms with Crippen molar-refractivity contribution < 1.29 is 14.3 Å². The number of hydrogen-bond acceptors (Lipinski definition) is 5. The van der Waals surface area contributed by atoms with E-state index in [4.69, 9.17) is 10.2 Å². The molecule has 116 valence electrons. The molecule has 0 radical (unpaired) electrons. The van der Waals surface area contributed by atoms with Gasteiger partial charge in [-0.15, -0.1) is 0 Å². The number of oxazole rings is 1. The number of carboxylic acid groups (broad SMARTS) is 1. The fraction of sp³-hybridized carbons (Fsp3) is 0.714. The first kappa shape index (κ1) is 15.2. The van der Waals surface area contributed by atoms with Gasteiger partial charge in [0.25, 0.3) is 0 Å². The van der Waals surface area contributed by atoms with Crippen LogP contribution in [0.2, 0.25) is 0 Å². The van der Waals surface area contributed by atoms with Gasteiger partial charge in [-0.2, -0.15) is 0 Å². The minimum atomic E-state index is -0.992. The lowest BCUT2D eigenvalue weighted by Crippen LogP contribution is -2.56. The van der Waals surface area contributed by atoms with E-state index in [9.17, 15) is 9.90 Å². The number of carbonyl (C=O) groups is 1. The van der Waals surface area contributed by atoms with Crippen LogP contribution in [0.3, 0.4) is 0 Å². The molecule has 2 aliphatic rings. The fourth-order valence-corrected chi connectivity index (χ4v) is 4.35. The van der Waals surface area contributed by atoms with Gasteiger partial charge >= 0.3 is 5.97 Å². The van der Waals surface area contributed by atoms with Crippen molar-refractivity contribution in [3.05, 3.63) is 15.9 Å². The van der Waals surface area contributed by atoms with Crippen molar-refractivity contribution in [2.75, 3.05) is 13.6 Å². The van der Waals surface area contributed by atoms with Gasteiger partial charge in [0.05, 0.1) is 5.92 Å². The van der Waals surface area contributed by atoms with E-state index in [1.54, 1.807) is 6.26 Å². The van der Waals surface area contributed by atoms with Gasteiger partial charge in [0.2, 0.25) is 5.89 Å². The summed E-state index contributed by atoms with van der Waals surface area (Å²) in [6.45, 7) is 1.12. The lowest BCUT2D eigenvalue weighted by Gasteiger charge is -2.52. The minimum Gasteiger partial charge on any atom is -0.480 e. The molecule has 21 heavy (non-hydrogen) atoms. The predicted octanol–water partition coefficient (Wildman–Crippen LogP) is 1.65. The van der Waals surface area contributed by atoms with Crippen LogP contribution < -0.4 is 5.73 Å². The van der Waals surface area contributed by atoms with Crippen LogP contribution in [-0.4, -0.2) is 46.1 Å². The molecule has 2 heterocycles. The summed E-state index contributed by atoms with van der Waals surface area (Å²) < 4.78 is 6.19. The van der Waals surface area contributed by atoms with Gasteiger partial charge in [-0.3, -0.25) is 4.79 Å². The Morgan fingerprint density at radius 3 is 2.86 bits per heavy atom. The highest BCUT2D eigenvalue weighted by Gasteiger charge is 2.54. The molecule has 2 unspecified atom stereocenters. The summed E-state index contributed by atoms with van der Waals surface area (Å²) in [4.78, 5) is 18.1. The molecule has 1 saturated carbocycles. The molecule has 3 rings (SSSR count). The lowest BCUT2D eigenvalue weighted by molar-refractivity contribution is -0.140. The summed E-state index contributed by atoms with van der Waals surface area (Å²) >= 11 is 2.06. The summed E-state index contributed by atoms with van der Waals surface area (Å²) in [5, 5.41) is 9.29. The SMILES string of the molecule is CN1CCCC12CC(C(c1nc(I)co1)C(N)C(=O)O)C2. The van der Waals surface area contributed by atoms with Crippen molar-refractivity contribution in [1.82, 2.24) is 9.88 Å². The van der Waals surface area contributed by atoms with E-state index in [2.05, 4.69) is 39.5 Å². The van der Waals surface area contributed by atoms with E-state index in [0.29, 0.717) is 5.89 Å². The van der Waals surface area contributed by atoms with Crippen LogP contribution >= 0.6 is 22.6 Å². The van der Waals surface area contributed by atoms with E-state index >= 15 is 0 Å². The van der Waals surface area contributed by atoms with Crippen LogP contribution in [0.15, 0.2) is 10.7 Å². The number of nitrogens with zero attached hydrogens (tertiary/aromatic N) is 2. The van der Waals surface area contributed by atoms with Gasteiger partial charge in [-0.05, 0) is 67.8 Å². The molecule has 0 amide bonds. The zero-order valence-electron chi connectivity index (χ0n) is 12.0. The summed E-state index contributed by atoms with van der Waals surface area (Å²) in [5.74, 6) is -0.638. The molecule has 2 atom stereocenters. The zero-order chi connectivity index (χ0) is 15.2. The van der Waals surface area contributed by atoms with Gasteiger partial charge < -0.3 is 20.2 Å². The molecule has 0 aromatic carbocycles. The summed E-state index contributed by atoms with van der Waals surface area (Å²) in [5.41, 5.74) is 6.17. The molecule has 0 bridgehead atoms. The average molecular weight is 405 g/mol. The number of halogens is 1. The number of aliphatic carboxylic acids is 1. The fourth-order valence-electron chi connectivity index (χ4n) is 3.98. The highest BCUT2D eigenvalue weighted by atomic mass is 127. The predicted molar refractivity (Wildman–Crippen MR) is 84.9 cm³/mol. The summed E-state index contributed by atoms with van der Waals surface area (Å²) in [7, 11) is 2.16. The molecule has 1 aliphatic heterocycles. The number of nitrogens with two attached hydrogens (primary N) is 1.